The molecule has 0 bridgehead atoms. The van der Waals surface area contributed by atoms with Crippen LogP contribution in [0.25, 0.3) is 21.5 Å². The van der Waals surface area contributed by atoms with Crippen LogP contribution in [0.4, 0.5) is 11.4 Å². The highest BCUT2D eigenvalue weighted by Gasteiger charge is 2.35. The number of anilines is 2. The number of hydrogen-bond donors (Lipinski definition) is 0. The van der Waals surface area contributed by atoms with Crippen molar-refractivity contribution in [2.24, 2.45) is 0 Å². The molecular weight excluding hydrogens is 701 g/mol. The maximum Gasteiger partial charge on any atom is 0.261 e. The topological polar surface area (TPSA) is 107 Å². The van der Waals surface area contributed by atoms with Gasteiger partial charge in [0.15, 0.2) is 0 Å². The smallest absolute Gasteiger partial charge is 0.261 e. The number of aromatic nitrogens is 2. The van der Waals surface area contributed by atoms with Crippen LogP contribution in [0.15, 0.2) is 110 Å². The van der Waals surface area contributed by atoms with Crippen LogP contribution < -0.4 is 9.80 Å². The van der Waals surface area contributed by atoms with Gasteiger partial charge in [0.1, 0.15) is 0 Å². The average molecular weight is 743 g/mol. The van der Waals surface area contributed by atoms with E-state index in [0.29, 0.717) is 22.3 Å². The largest absolute Gasteiger partial charge is 0.371 e. The van der Waals surface area contributed by atoms with E-state index in [4.69, 9.17) is 0 Å². The van der Waals surface area contributed by atoms with E-state index in [1.165, 1.54) is 48.3 Å². The summed E-state index contributed by atoms with van der Waals surface area (Å²) in [5.74, 6) is -0.934. The zero-order chi connectivity index (χ0) is 38.2. The van der Waals surface area contributed by atoms with E-state index in [9.17, 15) is 19.2 Å². The molecule has 10 heteroatoms. The number of carbonyl (C=O) groups excluding carboxylic acids is 4. The van der Waals surface area contributed by atoms with Gasteiger partial charge in [-0.3, -0.25) is 38.9 Å². The number of imide groups is 2. The fourth-order valence-corrected chi connectivity index (χ4v) is 8.72. The predicted octanol–water partition coefficient (Wildman–Crippen LogP) is 8.04. The number of carbonyl (C=O) groups is 4. The lowest BCUT2D eigenvalue weighted by atomic mass is 9.92. The number of pyridine rings is 2. The molecule has 4 amide bonds. The van der Waals surface area contributed by atoms with Gasteiger partial charge >= 0.3 is 0 Å². The Morgan fingerprint density at radius 1 is 0.429 bits per heavy atom. The third kappa shape index (κ3) is 6.34. The minimum absolute atomic E-state index is 0.231. The van der Waals surface area contributed by atoms with E-state index < -0.39 is 0 Å². The molecule has 56 heavy (non-hydrogen) atoms. The van der Waals surface area contributed by atoms with Crippen LogP contribution in [0.1, 0.15) is 91.1 Å². The SMILES string of the molecule is O=C1c2cccc3c(N4CCCCC4)ccc(c23)C(=O)N1Cc1cccnc1.O=C1c2cccc3c(N4CCCCC4)ccc(c23)C(=O)N1Cc1cccnc1. The maximum atomic E-state index is 13.2. The third-order valence-corrected chi connectivity index (χ3v) is 11.5. The molecule has 0 radical (unpaired) electrons. The fourth-order valence-electron chi connectivity index (χ4n) is 8.72. The third-order valence-electron chi connectivity index (χ3n) is 11.5. The van der Waals surface area contributed by atoms with Crippen molar-refractivity contribution in [3.05, 3.63) is 143 Å². The van der Waals surface area contributed by atoms with Crippen molar-refractivity contribution in [2.75, 3.05) is 36.0 Å². The average Bonchev–Trinajstić information content (AvgIpc) is 3.26. The van der Waals surface area contributed by atoms with Gasteiger partial charge in [0.2, 0.25) is 0 Å². The molecular formula is C46H42N6O4. The van der Waals surface area contributed by atoms with Crippen LogP contribution in [0.3, 0.4) is 0 Å². The number of piperidine rings is 2. The first-order chi connectivity index (χ1) is 27.5. The molecule has 4 aliphatic rings. The molecule has 10 rings (SSSR count). The van der Waals surface area contributed by atoms with Gasteiger partial charge < -0.3 is 9.80 Å². The van der Waals surface area contributed by atoms with Crippen LogP contribution >= 0.6 is 0 Å². The number of rotatable bonds is 6. The van der Waals surface area contributed by atoms with Crippen molar-refractivity contribution in [3.63, 3.8) is 0 Å². The first kappa shape index (κ1) is 35.3. The van der Waals surface area contributed by atoms with Gasteiger partial charge in [-0.05, 0) is 98.2 Å². The Labute approximate surface area is 325 Å². The Kier molecular flexibility index (Phi) is 9.46. The Morgan fingerprint density at radius 3 is 1.20 bits per heavy atom. The van der Waals surface area contributed by atoms with Gasteiger partial charge in [0.05, 0.1) is 13.1 Å². The number of benzene rings is 4. The molecule has 2 aromatic heterocycles. The van der Waals surface area contributed by atoms with E-state index in [0.717, 1.165) is 70.2 Å². The van der Waals surface area contributed by atoms with Crippen LogP contribution in [-0.4, -0.2) is 69.6 Å². The molecule has 280 valence electrons. The molecule has 0 N–H and O–H groups in total. The first-order valence-electron chi connectivity index (χ1n) is 19.6. The van der Waals surface area contributed by atoms with Crippen molar-refractivity contribution < 1.29 is 19.2 Å². The van der Waals surface area contributed by atoms with Gasteiger partial charge in [-0.1, -0.05) is 36.4 Å². The lowest BCUT2D eigenvalue weighted by Crippen LogP contribution is -2.40. The van der Waals surface area contributed by atoms with Gasteiger partial charge in [0.25, 0.3) is 23.6 Å². The fraction of sp³-hybridized carbons (Fsp3) is 0.261. The highest BCUT2D eigenvalue weighted by atomic mass is 16.2. The highest BCUT2D eigenvalue weighted by molar-refractivity contribution is 6.28. The number of hydrogen-bond acceptors (Lipinski definition) is 8. The normalized spacial score (nSPS) is 16.7. The second-order valence-corrected chi connectivity index (χ2v) is 14.9. The molecule has 0 spiro atoms. The van der Waals surface area contributed by atoms with Gasteiger partial charge in [0, 0.05) is 106 Å². The summed E-state index contributed by atoms with van der Waals surface area (Å²) in [5.41, 5.74) is 6.35. The summed E-state index contributed by atoms with van der Waals surface area (Å²) in [6.45, 7) is 4.55. The van der Waals surface area contributed by atoms with Crippen molar-refractivity contribution in [3.8, 4) is 0 Å². The molecule has 6 aromatic rings. The van der Waals surface area contributed by atoms with E-state index in [-0.39, 0.29) is 36.7 Å². The van der Waals surface area contributed by atoms with E-state index >= 15 is 0 Å². The van der Waals surface area contributed by atoms with Crippen molar-refractivity contribution >= 4 is 56.5 Å². The van der Waals surface area contributed by atoms with Crippen LogP contribution in [0, 0.1) is 0 Å². The standard InChI is InChI=1S/2C23H21N3O2/c2*27-22-18-8-4-7-17-20(25-12-2-1-3-13-25)10-9-19(21(17)18)23(28)26(22)15-16-6-5-11-24-14-16/h2*4-11,14H,1-3,12-13,15H2. The molecule has 4 aromatic carbocycles. The molecule has 2 fully saturated rings. The summed E-state index contributed by atoms with van der Waals surface area (Å²) in [7, 11) is 0. The van der Waals surface area contributed by atoms with E-state index in [2.05, 4.69) is 19.8 Å². The minimum atomic E-state index is -0.234. The minimum Gasteiger partial charge on any atom is -0.371 e. The zero-order valence-corrected chi connectivity index (χ0v) is 31.2. The summed E-state index contributed by atoms with van der Waals surface area (Å²) < 4.78 is 0. The van der Waals surface area contributed by atoms with E-state index in [1.54, 1.807) is 24.8 Å². The summed E-state index contributed by atoms with van der Waals surface area (Å²) >= 11 is 0. The van der Waals surface area contributed by atoms with Gasteiger partial charge in [-0.2, -0.15) is 0 Å². The zero-order valence-electron chi connectivity index (χ0n) is 31.2. The lowest BCUT2D eigenvalue weighted by molar-refractivity contribution is 0.0583. The Hall–Kier alpha value is -6.42. The molecule has 4 aliphatic heterocycles. The first-order valence-corrected chi connectivity index (χ1v) is 19.6. The molecule has 0 atom stereocenters. The number of nitrogens with zero attached hydrogens (tertiary/aromatic N) is 6. The quantitative estimate of drug-likeness (QED) is 0.158. The Morgan fingerprint density at radius 2 is 0.821 bits per heavy atom. The molecule has 0 unspecified atom stereocenters. The van der Waals surface area contributed by atoms with Crippen LogP contribution in [0.2, 0.25) is 0 Å². The maximum absolute atomic E-state index is 13.2. The predicted molar refractivity (Wildman–Crippen MR) is 217 cm³/mol. The Bertz CT molecular complexity index is 2270. The van der Waals surface area contributed by atoms with Crippen LogP contribution in [-0.2, 0) is 13.1 Å². The summed E-state index contributed by atoms with van der Waals surface area (Å²) in [6, 6.07) is 26.8. The van der Waals surface area contributed by atoms with Crippen molar-refractivity contribution in [1.82, 2.24) is 19.8 Å². The second kappa shape index (κ2) is 15.0. The summed E-state index contributed by atoms with van der Waals surface area (Å²) in [5, 5.41) is 3.59. The second-order valence-electron chi connectivity index (χ2n) is 14.9. The Balaban J connectivity index is 0.000000146. The number of amides is 4. The van der Waals surface area contributed by atoms with Crippen LogP contribution in [0.5, 0.6) is 0 Å². The van der Waals surface area contributed by atoms with Gasteiger partial charge in [-0.25, -0.2) is 0 Å². The highest BCUT2D eigenvalue weighted by Crippen LogP contribution is 2.39. The molecule has 2 saturated heterocycles. The summed E-state index contributed by atoms with van der Waals surface area (Å²) in [6.07, 6.45) is 14.0. The van der Waals surface area contributed by atoms with Crippen molar-refractivity contribution in [1.29, 1.82) is 0 Å². The van der Waals surface area contributed by atoms with Crippen molar-refractivity contribution in [2.45, 2.75) is 51.6 Å². The molecule has 0 saturated carbocycles. The molecule has 6 heterocycles. The van der Waals surface area contributed by atoms with Gasteiger partial charge in [-0.15, -0.1) is 0 Å². The summed E-state index contributed by atoms with van der Waals surface area (Å²) in [4.78, 5) is 68.3. The monoisotopic (exact) mass is 742 g/mol. The molecule has 0 aliphatic carbocycles. The van der Waals surface area contributed by atoms with E-state index in [1.807, 2.05) is 84.9 Å². The molecule has 10 nitrogen and oxygen atoms in total. The lowest BCUT2D eigenvalue weighted by Gasteiger charge is -2.32.